The molecule has 7 aromatic carbocycles. The van der Waals surface area contributed by atoms with E-state index in [-0.39, 0.29) is 0 Å². The molecule has 3 aromatic heterocycles. The Balaban J connectivity index is 1.28. The van der Waals surface area contributed by atoms with Gasteiger partial charge in [0.2, 0.25) is 0 Å². The number of hydrogen-bond donors (Lipinski definition) is 0. The fourth-order valence-electron chi connectivity index (χ4n) is 7.03. The van der Waals surface area contributed by atoms with Crippen molar-refractivity contribution < 1.29 is 4.42 Å². The molecule has 0 unspecified atom stereocenters. The predicted octanol–water partition coefficient (Wildman–Crippen LogP) is 12.5. The van der Waals surface area contributed by atoms with Crippen molar-refractivity contribution in [2.24, 2.45) is 0 Å². The Hall–Kier alpha value is -6.43. The Morgan fingerprint density at radius 2 is 0.980 bits per heavy atom. The van der Waals surface area contributed by atoms with Crippen LogP contribution in [0.25, 0.3) is 98.5 Å². The molecule has 0 spiro atoms. The highest BCUT2D eigenvalue weighted by Gasteiger charge is 2.21. The zero-order valence-corrected chi connectivity index (χ0v) is 27.6. The van der Waals surface area contributed by atoms with Gasteiger partial charge >= 0.3 is 0 Å². The van der Waals surface area contributed by atoms with Crippen molar-refractivity contribution in [1.29, 1.82) is 0 Å². The molecule has 0 fully saturated rings. The van der Waals surface area contributed by atoms with Gasteiger partial charge in [-0.3, -0.25) is 0 Å². The van der Waals surface area contributed by atoms with Gasteiger partial charge in [0.15, 0.2) is 17.5 Å². The monoisotopic (exact) mass is 657 g/mol. The Morgan fingerprint density at radius 3 is 1.76 bits per heavy atom. The number of fused-ring (bicyclic) bond motifs is 6. The molecule has 3 heterocycles. The quantitative estimate of drug-likeness (QED) is 0.185. The van der Waals surface area contributed by atoms with Crippen molar-refractivity contribution in [1.82, 2.24) is 15.0 Å². The Kier molecular flexibility index (Phi) is 6.64. The molecule has 10 rings (SSSR count). The number of hydrogen-bond acceptors (Lipinski definition) is 5. The summed E-state index contributed by atoms with van der Waals surface area (Å²) in [5.41, 5.74) is 8.89. The van der Waals surface area contributed by atoms with Crippen LogP contribution >= 0.6 is 11.3 Å². The van der Waals surface area contributed by atoms with Gasteiger partial charge in [-0.1, -0.05) is 140 Å². The first-order valence-electron chi connectivity index (χ1n) is 16.6. The fraction of sp³-hybridized carbons (Fsp3) is 0. The standard InChI is InChI=1S/C45H27N3OS/c1-3-13-28(14-4-1)43-46-44(29-15-5-2-6-16-29)48-45(47-43)37-27-30(31-19-11-21-35-33-17-8-10-24-40(33)50-42(31)35)25-26-32(37)34-20-12-23-39-41(34)36-18-7-9-22-38(36)49-39/h1-27H. The van der Waals surface area contributed by atoms with Gasteiger partial charge in [-0.15, -0.1) is 11.3 Å². The summed E-state index contributed by atoms with van der Waals surface area (Å²) in [4.78, 5) is 15.4. The number of furan rings is 1. The normalized spacial score (nSPS) is 11.6. The first-order valence-corrected chi connectivity index (χ1v) is 17.4. The molecule has 0 aliphatic rings. The van der Waals surface area contributed by atoms with Gasteiger partial charge < -0.3 is 4.42 Å². The van der Waals surface area contributed by atoms with Crippen LogP contribution in [-0.4, -0.2) is 15.0 Å². The number of thiophene rings is 1. The molecule has 5 heteroatoms. The van der Waals surface area contributed by atoms with E-state index in [2.05, 4.69) is 84.9 Å². The lowest BCUT2D eigenvalue weighted by Gasteiger charge is -2.15. The van der Waals surface area contributed by atoms with Crippen molar-refractivity contribution in [3.8, 4) is 56.4 Å². The van der Waals surface area contributed by atoms with Gasteiger partial charge in [-0.25, -0.2) is 15.0 Å². The van der Waals surface area contributed by atoms with Crippen molar-refractivity contribution in [3.63, 3.8) is 0 Å². The van der Waals surface area contributed by atoms with Gasteiger partial charge in [0.05, 0.1) is 0 Å². The average Bonchev–Trinajstić information content (AvgIpc) is 3.77. The minimum absolute atomic E-state index is 0.614. The SMILES string of the molecule is c1ccc(-c2nc(-c3ccccc3)nc(-c3cc(-c4cccc5c4sc4ccccc45)ccc3-c3cccc4oc5ccccc5c34)n2)cc1. The zero-order chi connectivity index (χ0) is 33.0. The molecule has 0 aliphatic carbocycles. The van der Waals surface area contributed by atoms with Crippen LogP contribution in [0.2, 0.25) is 0 Å². The van der Waals surface area contributed by atoms with Gasteiger partial charge in [0, 0.05) is 47.6 Å². The van der Waals surface area contributed by atoms with Crippen molar-refractivity contribution >= 4 is 53.4 Å². The molecule has 0 radical (unpaired) electrons. The van der Waals surface area contributed by atoms with Crippen LogP contribution in [0, 0.1) is 0 Å². The summed E-state index contributed by atoms with van der Waals surface area (Å²) in [6.45, 7) is 0. The fourth-order valence-corrected chi connectivity index (χ4v) is 8.27. The van der Waals surface area contributed by atoms with Crippen molar-refractivity contribution in [2.75, 3.05) is 0 Å². The number of benzene rings is 7. The summed E-state index contributed by atoms with van der Waals surface area (Å²) in [7, 11) is 0. The molecular weight excluding hydrogens is 631 g/mol. The molecule has 0 amide bonds. The second-order valence-electron chi connectivity index (χ2n) is 12.4. The minimum atomic E-state index is 0.614. The maximum Gasteiger partial charge on any atom is 0.164 e. The third kappa shape index (κ3) is 4.71. The average molecular weight is 658 g/mol. The molecule has 0 saturated carbocycles. The van der Waals surface area contributed by atoms with E-state index in [0.29, 0.717) is 17.5 Å². The summed E-state index contributed by atoms with van der Waals surface area (Å²) in [5.74, 6) is 1.87. The van der Waals surface area contributed by atoms with E-state index < -0.39 is 0 Å². The highest BCUT2D eigenvalue weighted by atomic mass is 32.1. The van der Waals surface area contributed by atoms with Crippen LogP contribution in [0.3, 0.4) is 0 Å². The first kappa shape index (κ1) is 28.6. The maximum absolute atomic E-state index is 6.34. The lowest BCUT2D eigenvalue weighted by Crippen LogP contribution is -2.01. The lowest BCUT2D eigenvalue weighted by atomic mass is 9.91. The molecule has 234 valence electrons. The van der Waals surface area contributed by atoms with Gasteiger partial charge in [-0.2, -0.15) is 0 Å². The molecule has 4 nitrogen and oxygen atoms in total. The van der Waals surface area contributed by atoms with Crippen molar-refractivity contribution in [2.45, 2.75) is 0 Å². The molecule has 50 heavy (non-hydrogen) atoms. The number of rotatable bonds is 5. The third-order valence-electron chi connectivity index (χ3n) is 9.37. The second kappa shape index (κ2) is 11.6. The van der Waals surface area contributed by atoms with Crippen LogP contribution < -0.4 is 0 Å². The highest BCUT2D eigenvalue weighted by molar-refractivity contribution is 7.26. The molecule has 0 saturated heterocycles. The number of para-hydroxylation sites is 1. The van der Waals surface area contributed by atoms with Crippen LogP contribution in [-0.2, 0) is 0 Å². The van der Waals surface area contributed by atoms with Crippen LogP contribution in [0.1, 0.15) is 0 Å². The predicted molar refractivity (Wildman–Crippen MR) is 207 cm³/mol. The zero-order valence-electron chi connectivity index (χ0n) is 26.7. The molecular formula is C45H27N3OS. The topological polar surface area (TPSA) is 51.8 Å². The number of nitrogens with zero attached hydrogens (tertiary/aromatic N) is 3. The molecule has 0 N–H and O–H groups in total. The Bertz CT molecular complexity index is 2820. The minimum Gasteiger partial charge on any atom is -0.456 e. The van der Waals surface area contributed by atoms with E-state index >= 15 is 0 Å². The van der Waals surface area contributed by atoms with Crippen LogP contribution in [0.15, 0.2) is 168 Å². The van der Waals surface area contributed by atoms with E-state index in [1.165, 1.54) is 25.7 Å². The largest absolute Gasteiger partial charge is 0.456 e. The lowest BCUT2D eigenvalue weighted by molar-refractivity contribution is 0.669. The molecule has 10 aromatic rings. The number of aromatic nitrogens is 3. The summed E-state index contributed by atoms with van der Waals surface area (Å²) in [5, 5.41) is 4.70. The molecule has 0 bridgehead atoms. The van der Waals surface area contributed by atoms with E-state index in [1.807, 2.05) is 90.2 Å². The van der Waals surface area contributed by atoms with E-state index in [9.17, 15) is 0 Å². The third-order valence-corrected chi connectivity index (χ3v) is 10.6. The van der Waals surface area contributed by atoms with E-state index in [4.69, 9.17) is 19.4 Å². The summed E-state index contributed by atoms with van der Waals surface area (Å²) < 4.78 is 8.89. The van der Waals surface area contributed by atoms with Gasteiger partial charge in [0.1, 0.15) is 11.2 Å². The smallest absolute Gasteiger partial charge is 0.164 e. The first-order chi connectivity index (χ1) is 24.8. The van der Waals surface area contributed by atoms with E-state index in [1.54, 1.807) is 0 Å². The molecule has 0 aliphatic heterocycles. The van der Waals surface area contributed by atoms with Crippen LogP contribution in [0.5, 0.6) is 0 Å². The molecule has 0 atom stereocenters. The van der Waals surface area contributed by atoms with E-state index in [0.717, 1.165) is 55.3 Å². The van der Waals surface area contributed by atoms with Gasteiger partial charge in [-0.05, 0) is 46.5 Å². The Morgan fingerprint density at radius 1 is 0.380 bits per heavy atom. The van der Waals surface area contributed by atoms with Gasteiger partial charge in [0.25, 0.3) is 0 Å². The summed E-state index contributed by atoms with van der Waals surface area (Å²) in [6.07, 6.45) is 0. The Labute approximate surface area is 292 Å². The highest BCUT2D eigenvalue weighted by Crippen LogP contribution is 2.44. The van der Waals surface area contributed by atoms with Crippen LogP contribution in [0.4, 0.5) is 0 Å². The van der Waals surface area contributed by atoms with Crippen molar-refractivity contribution in [3.05, 3.63) is 164 Å². The maximum atomic E-state index is 6.34. The summed E-state index contributed by atoms with van der Waals surface area (Å²) >= 11 is 1.84. The second-order valence-corrected chi connectivity index (χ2v) is 13.4. The summed E-state index contributed by atoms with van der Waals surface area (Å²) in [6, 6.07) is 56.8.